The van der Waals surface area contributed by atoms with Crippen molar-refractivity contribution >= 4 is 53.2 Å². The first-order valence-electron chi connectivity index (χ1n) is 22.3. The van der Waals surface area contributed by atoms with Gasteiger partial charge in [-0.15, -0.1) is 0 Å². The van der Waals surface area contributed by atoms with Crippen molar-refractivity contribution < 1.29 is 43.2 Å². The van der Waals surface area contributed by atoms with Crippen LogP contribution in [0.5, 0.6) is 0 Å². The lowest BCUT2D eigenvalue weighted by Gasteiger charge is -2.33. The Morgan fingerprint density at radius 3 is 0.879 bits per heavy atom. The molecule has 27 heteroatoms. The summed E-state index contributed by atoms with van der Waals surface area (Å²) in [5, 5.41) is 8.35. The molecule has 0 aromatic rings. The molecule has 0 bridgehead atoms. The van der Waals surface area contributed by atoms with Crippen LogP contribution in [-0.2, 0) is 43.2 Å². The molecule has 2 heterocycles. The van der Waals surface area contributed by atoms with Crippen molar-refractivity contribution in [3.05, 3.63) is 0 Å². The first-order chi connectivity index (χ1) is 31.3. The number of nitrogens with one attached hydrogen (secondary N) is 3. The lowest BCUT2D eigenvalue weighted by molar-refractivity contribution is -0.130. The highest BCUT2D eigenvalue weighted by atomic mass is 16.2. The Hall–Kier alpha value is -5.13. The van der Waals surface area contributed by atoms with Gasteiger partial charge in [-0.05, 0) is 19.4 Å². The Balaban J connectivity index is 2.25. The average molecular weight is 941 g/mol. The van der Waals surface area contributed by atoms with Crippen LogP contribution in [0.2, 0.25) is 0 Å². The first-order valence-corrected chi connectivity index (χ1v) is 22.3. The Labute approximate surface area is 386 Å². The number of carbonyl (C=O) groups is 9. The lowest BCUT2D eigenvalue weighted by atomic mass is 10.2. The third-order valence-corrected chi connectivity index (χ3v) is 11.0. The van der Waals surface area contributed by atoms with Crippen LogP contribution in [0, 0.1) is 0 Å². The average Bonchev–Trinajstić information content (AvgIpc) is 3.21. The highest BCUT2D eigenvalue weighted by Crippen LogP contribution is 2.04. The molecule has 0 aromatic heterocycles. The van der Waals surface area contributed by atoms with Crippen LogP contribution in [-0.4, -0.2) is 275 Å². The summed E-state index contributed by atoms with van der Waals surface area (Å²) in [6.07, 6.45) is 1.24. The van der Waals surface area contributed by atoms with E-state index < -0.39 is 59.2 Å². The van der Waals surface area contributed by atoms with Gasteiger partial charge in [0.25, 0.3) is 0 Å². The summed E-state index contributed by atoms with van der Waals surface area (Å²) in [5.74, 6) is -4.81. The maximum absolute atomic E-state index is 13.8. The van der Waals surface area contributed by atoms with Crippen molar-refractivity contribution in [2.75, 3.05) is 177 Å². The number of hydrogen-bond acceptors (Lipinski definition) is 18. The molecule has 66 heavy (non-hydrogen) atoms. The zero-order valence-electron chi connectivity index (χ0n) is 38.4. The van der Waals surface area contributed by atoms with Gasteiger partial charge in [0.15, 0.2) is 0 Å². The van der Waals surface area contributed by atoms with Crippen molar-refractivity contribution in [2.45, 2.75) is 18.9 Å². The fraction of sp³-hybridized carbons (Fsp3) is 0.769. The van der Waals surface area contributed by atoms with E-state index in [-0.39, 0.29) is 78.5 Å². The van der Waals surface area contributed by atoms with E-state index >= 15 is 0 Å². The summed E-state index contributed by atoms with van der Waals surface area (Å²) in [6.45, 7) is 5.12. The summed E-state index contributed by atoms with van der Waals surface area (Å²) < 4.78 is 0. The SMILES string of the molecule is NCCCCNC(=O)C(CNC(=O)CN1CCN(CC(N)=O)CCN(CC(N)=O)CCN(CC(N)=O)CC1)NC(=O)CN1CCN(CC(N)=O)CCN(CC(N)=O)CCN(CC(N)=O)CC1. The zero-order valence-corrected chi connectivity index (χ0v) is 38.4. The smallest absolute Gasteiger partial charge is 0.244 e. The van der Waals surface area contributed by atoms with Gasteiger partial charge in [-0.1, -0.05) is 0 Å². The fourth-order valence-electron chi connectivity index (χ4n) is 7.48. The molecule has 2 saturated heterocycles. The van der Waals surface area contributed by atoms with E-state index in [1.165, 1.54) is 0 Å². The van der Waals surface area contributed by atoms with Crippen molar-refractivity contribution in [3.63, 3.8) is 0 Å². The van der Waals surface area contributed by atoms with Gasteiger partial charge < -0.3 is 56.1 Å². The summed E-state index contributed by atoms with van der Waals surface area (Å²) in [6, 6.07) is -1.19. The zero-order chi connectivity index (χ0) is 49.0. The number of nitrogens with zero attached hydrogens (tertiary/aromatic N) is 8. The number of nitrogens with two attached hydrogens (primary N) is 7. The van der Waals surface area contributed by atoms with Gasteiger partial charge in [-0.25, -0.2) is 0 Å². The minimum absolute atomic E-state index is 0.0261. The highest BCUT2D eigenvalue weighted by Gasteiger charge is 2.26. The molecule has 0 spiro atoms. The molecular formula is C39H76N18O9. The Kier molecular flexibility index (Phi) is 27.4. The second-order valence-corrected chi connectivity index (χ2v) is 16.7. The van der Waals surface area contributed by atoms with Crippen LogP contribution in [0.3, 0.4) is 0 Å². The van der Waals surface area contributed by atoms with Gasteiger partial charge in [0.2, 0.25) is 53.2 Å². The molecule has 17 N–H and O–H groups in total. The third kappa shape index (κ3) is 26.7. The van der Waals surface area contributed by atoms with Crippen molar-refractivity contribution in [2.24, 2.45) is 40.1 Å². The second kappa shape index (κ2) is 31.7. The quantitative estimate of drug-likeness (QED) is 0.0402. The van der Waals surface area contributed by atoms with Gasteiger partial charge in [0.05, 0.1) is 52.4 Å². The minimum Gasteiger partial charge on any atom is -0.369 e. The van der Waals surface area contributed by atoms with Gasteiger partial charge in [-0.3, -0.25) is 82.4 Å². The summed E-state index contributed by atoms with van der Waals surface area (Å²) in [7, 11) is 0. The maximum atomic E-state index is 13.8. The molecule has 0 radical (unpaired) electrons. The monoisotopic (exact) mass is 941 g/mol. The molecule has 1 atom stereocenters. The molecule has 2 aliphatic rings. The van der Waals surface area contributed by atoms with E-state index in [1.807, 2.05) is 29.4 Å². The number of primary amides is 6. The van der Waals surface area contributed by atoms with Crippen molar-refractivity contribution in [3.8, 4) is 0 Å². The second-order valence-electron chi connectivity index (χ2n) is 16.7. The number of unbranched alkanes of at least 4 members (excludes halogenated alkanes) is 1. The Morgan fingerprint density at radius 2 is 0.621 bits per heavy atom. The summed E-state index contributed by atoms with van der Waals surface area (Å²) >= 11 is 0. The van der Waals surface area contributed by atoms with E-state index in [2.05, 4.69) is 16.0 Å². The Morgan fingerprint density at radius 1 is 0.364 bits per heavy atom. The molecule has 0 aliphatic carbocycles. The number of rotatable bonds is 24. The normalized spacial score (nSPS) is 18.9. The van der Waals surface area contributed by atoms with Gasteiger partial charge in [-0.2, -0.15) is 0 Å². The van der Waals surface area contributed by atoms with E-state index in [1.54, 1.807) is 9.80 Å². The largest absolute Gasteiger partial charge is 0.369 e. The van der Waals surface area contributed by atoms with E-state index in [0.29, 0.717) is 111 Å². The van der Waals surface area contributed by atoms with E-state index in [0.717, 1.165) is 0 Å². The van der Waals surface area contributed by atoms with Gasteiger partial charge in [0.1, 0.15) is 6.04 Å². The predicted molar refractivity (Wildman–Crippen MR) is 243 cm³/mol. The summed E-state index contributed by atoms with van der Waals surface area (Å²) in [4.78, 5) is 127. The standard InChI is InChI=1S/C39H76N18O9/c40-3-1-2-4-47-39(66)30(49-38(65)29-57-19-15-54(26-35(45)62)11-7-51(23-32(42)59)8-12-55(16-20-57)27-36(46)63)21-48-37(64)28-56-17-13-52(24-33(43)60)9-5-50(22-31(41)58)6-10-53(14-18-56)25-34(44)61/h30H,1-29,40H2,(H2,41,58)(H2,42,59)(H2,43,60)(H2,44,61)(H2,45,62)(H2,46,63)(H,47,66)(H,48,64)(H,49,65). The molecule has 27 nitrogen and oxygen atoms in total. The van der Waals surface area contributed by atoms with Crippen LogP contribution in [0.4, 0.5) is 0 Å². The topological polar surface area (TPSA) is 398 Å². The Bertz CT molecular complexity index is 1530. The molecular weight excluding hydrogens is 865 g/mol. The van der Waals surface area contributed by atoms with Gasteiger partial charge in [0, 0.05) is 118 Å². The van der Waals surface area contributed by atoms with E-state index in [9.17, 15) is 43.2 Å². The lowest BCUT2D eigenvalue weighted by Crippen LogP contribution is -2.56. The highest BCUT2D eigenvalue weighted by molar-refractivity contribution is 5.89. The van der Waals surface area contributed by atoms with Crippen LogP contribution >= 0.6 is 0 Å². The molecule has 2 fully saturated rings. The number of carbonyl (C=O) groups excluding carboxylic acids is 9. The number of hydrogen-bond donors (Lipinski definition) is 10. The minimum atomic E-state index is -1.19. The first kappa shape index (κ1) is 57.0. The maximum Gasteiger partial charge on any atom is 0.244 e. The fourth-order valence-corrected chi connectivity index (χ4v) is 7.48. The predicted octanol–water partition coefficient (Wildman–Crippen LogP) is -10.2. The summed E-state index contributed by atoms with van der Waals surface area (Å²) in [5.41, 5.74) is 38.7. The molecule has 9 amide bonds. The molecule has 376 valence electrons. The molecule has 0 aromatic carbocycles. The van der Waals surface area contributed by atoms with E-state index in [4.69, 9.17) is 40.1 Å². The van der Waals surface area contributed by atoms with Crippen molar-refractivity contribution in [1.82, 2.24) is 55.1 Å². The molecule has 0 saturated carbocycles. The van der Waals surface area contributed by atoms with Gasteiger partial charge >= 0.3 is 0 Å². The molecule has 2 aliphatic heterocycles. The van der Waals surface area contributed by atoms with Crippen LogP contribution in [0.25, 0.3) is 0 Å². The van der Waals surface area contributed by atoms with Crippen molar-refractivity contribution in [1.29, 1.82) is 0 Å². The molecule has 1 unspecified atom stereocenters. The van der Waals surface area contributed by atoms with Crippen LogP contribution in [0.15, 0.2) is 0 Å². The number of amides is 9. The third-order valence-electron chi connectivity index (χ3n) is 11.0. The molecule has 2 rings (SSSR count). The van der Waals surface area contributed by atoms with Crippen LogP contribution in [0.1, 0.15) is 12.8 Å². The van der Waals surface area contributed by atoms with Crippen LogP contribution < -0.4 is 56.1 Å².